The van der Waals surface area contributed by atoms with Crippen molar-refractivity contribution >= 4 is 19.5 Å². The maximum Gasteiger partial charge on any atom is 0.449 e. The van der Waals surface area contributed by atoms with E-state index in [4.69, 9.17) is 30.4 Å². The summed E-state index contributed by atoms with van der Waals surface area (Å²) < 4.78 is 17.7. The van der Waals surface area contributed by atoms with Crippen LogP contribution < -0.4 is 4.74 Å². The highest BCUT2D eigenvalue weighted by molar-refractivity contribution is 7.60. The number of pyridine rings is 1. The first-order valence-corrected chi connectivity index (χ1v) is 16.0. The van der Waals surface area contributed by atoms with E-state index >= 15 is 0 Å². The molecule has 2 aliphatic rings. The highest BCUT2D eigenvalue weighted by Gasteiger charge is 2.49. The Balaban J connectivity index is 1.26. The topological polar surface area (TPSA) is 81.0 Å². The molecule has 1 aliphatic carbocycles. The van der Waals surface area contributed by atoms with Crippen molar-refractivity contribution in [3.8, 4) is 11.5 Å². The zero-order valence-electron chi connectivity index (χ0n) is 22.7. The second-order valence-electron chi connectivity index (χ2n) is 10.8. The van der Waals surface area contributed by atoms with Gasteiger partial charge in [-0.05, 0) is 85.3 Å². The summed E-state index contributed by atoms with van der Waals surface area (Å²) in [7, 11) is -3.19. The smallest absolute Gasteiger partial charge is 0.449 e. The Kier molecular flexibility index (Phi) is 9.10. The second-order valence-corrected chi connectivity index (χ2v) is 13.2. The van der Waals surface area contributed by atoms with E-state index < -0.39 is 7.94 Å². The predicted octanol–water partition coefficient (Wildman–Crippen LogP) is 8.36. The number of aromatic hydroxyl groups is 1. The maximum absolute atomic E-state index is 11.1. The van der Waals surface area contributed by atoms with Crippen molar-refractivity contribution in [3.05, 3.63) is 87.2 Å². The molecule has 2 aromatic carbocycles. The molecule has 6 nitrogen and oxygen atoms in total. The Morgan fingerprint density at radius 3 is 2.46 bits per heavy atom. The van der Waals surface area contributed by atoms with E-state index in [0.29, 0.717) is 41.9 Å². The van der Waals surface area contributed by atoms with Crippen LogP contribution in [0.1, 0.15) is 90.6 Å². The number of hydrogen-bond donors (Lipinski definition) is 2. The van der Waals surface area contributed by atoms with Crippen molar-refractivity contribution in [2.75, 3.05) is 13.0 Å². The van der Waals surface area contributed by atoms with Gasteiger partial charge in [0, 0.05) is 29.5 Å². The van der Waals surface area contributed by atoms with Gasteiger partial charge in [0.2, 0.25) is 0 Å². The van der Waals surface area contributed by atoms with Gasteiger partial charge in [0.15, 0.2) is 0 Å². The van der Waals surface area contributed by atoms with E-state index in [9.17, 15) is 10.00 Å². The van der Waals surface area contributed by atoms with Gasteiger partial charge in [-0.3, -0.25) is 4.98 Å². The van der Waals surface area contributed by atoms with Crippen LogP contribution in [0.2, 0.25) is 5.02 Å². The summed E-state index contributed by atoms with van der Waals surface area (Å²) in [6.45, 7) is 4.52. The number of aromatic nitrogens is 1. The van der Waals surface area contributed by atoms with Gasteiger partial charge >= 0.3 is 7.94 Å². The highest BCUT2D eigenvalue weighted by Crippen LogP contribution is 2.63. The summed E-state index contributed by atoms with van der Waals surface area (Å²) in [5, 5.41) is 11.2. The zero-order chi connectivity index (χ0) is 27.4. The average molecular weight is 571 g/mol. The molecule has 8 heteroatoms. The lowest BCUT2D eigenvalue weighted by atomic mass is 9.94. The van der Waals surface area contributed by atoms with Crippen LogP contribution in [0.25, 0.3) is 0 Å². The first-order chi connectivity index (χ1) is 18.8. The molecule has 1 aliphatic heterocycles. The summed E-state index contributed by atoms with van der Waals surface area (Å²) in [4.78, 5) is 16.0. The molecular weight excluding hydrogens is 533 g/mol. The molecule has 208 valence electrons. The minimum absolute atomic E-state index is 0.0490. The predicted molar refractivity (Wildman–Crippen MR) is 156 cm³/mol. The quantitative estimate of drug-likeness (QED) is 0.219. The molecule has 3 aromatic rings. The van der Waals surface area contributed by atoms with E-state index in [1.807, 2.05) is 42.5 Å². The molecule has 5 rings (SSSR count). The molecule has 0 spiro atoms. The summed E-state index contributed by atoms with van der Waals surface area (Å²) in [5.41, 5.74) is 6.10. The second kappa shape index (κ2) is 12.5. The number of ether oxygens (including phenoxy) is 1. The Morgan fingerprint density at radius 1 is 1.00 bits per heavy atom. The number of benzene rings is 2. The molecule has 1 saturated heterocycles. The van der Waals surface area contributed by atoms with Crippen LogP contribution in [0.4, 0.5) is 0 Å². The van der Waals surface area contributed by atoms with Crippen LogP contribution in [0.3, 0.4) is 0 Å². The molecule has 0 amide bonds. The van der Waals surface area contributed by atoms with Gasteiger partial charge in [-0.25, -0.2) is 0 Å². The average Bonchev–Trinajstić information content (AvgIpc) is 3.20. The lowest BCUT2D eigenvalue weighted by Crippen LogP contribution is -2.21. The molecule has 2 fully saturated rings. The Bertz CT molecular complexity index is 1270. The minimum Gasteiger partial charge on any atom is -0.506 e. The van der Waals surface area contributed by atoms with Crippen LogP contribution in [-0.4, -0.2) is 27.9 Å². The number of aryl methyl sites for hydroxylation is 2. The van der Waals surface area contributed by atoms with Gasteiger partial charge in [0.1, 0.15) is 24.2 Å². The molecule has 2 heterocycles. The lowest BCUT2D eigenvalue weighted by molar-refractivity contribution is 0.0518. The van der Waals surface area contributed by atoms with Gasteiger partial charge in [0.05, 0.1) is 5.69 Å². The van der Waals surface area contributed by atoms with Gasteiger partial charge in [-0.1, -0.05) is 49.4 Å². The maximum atomic E-state index is 11.1. The number of nitrogens with zero attached hydrogens (tertiary/aromatic N) is 1. The summed E-state index contributed by atoms with van der Waals surface area (Å²) in [6, 6.07) is 15.2. The molecule has 2 atom stereocenters. The lowest BCUT2D eigenvalue weighted by Gasteiger charge is -2.27. The Morgan fingerprint density at radius 2 is 1.74 bits per heavy atom. The van der Waals surface area contributed by atoms with E-state index in [1.54, 1.807) is 6.07 Å². The van der Waals surface area contributed by atoms with Gasteiger partial charge in [-0.2, -0.15) is 13.9 Å². The molecule has 0 bridgehead atoms. The van der Waals surface area contributed by atoms with Crippen molar-refractivity contribution in [1.29, 1.82) is 0 Å². The van der Waals surface area contributed by atoms with Crippen LogP contribution in [-0.2, 0) is 15.5 Å². The molecule has 1 saturated carbocycles. The van der Waals surface area contributed by atoms with Gasteiger partial charge < -0.3 is 9.84 Å². The fraction of sp³-hybridized carbons (Fsp3) is 0.452. The van der Waals surface area contributed by atoms with Crippen LogP contribution in [0.5, 0.6) is 11.5 Å². The van der Waals surface area contributed by atoms with Crippen molar-refractivity contribution < 1.29 is 23.8 Å². The summed E-state index contributed by atoms with van der Waals surface area (Å²) in [5.74, 6) is 1.31. The monoisotopic (exact) mass is 570 g/mol. The first kappa shape index (κ1) is 28.3. The number of hydrogen-bond acceptors (Lipinski definition) is 6. The van der Waals surface area contributed by atoms with Crippen LogP contribution in [0, 0.1) is 13.8 Å². The molecule has 0 radical (unpaired) electrons. The van der Waals surface area contributed by atoms with Crippen LogP contribution in [0.15, 0.2) is 48.5 Å². The normalized spacial score (nSPS) is 22.4. The molecule has 2 unspecified atom stereocenters. The molecule has 1 aromatic heterocycles. The molecule has 39 heavy (non-hydrogen) atoms. The van der Waals surface area contributed by atoms with Crippen molar-refractivity contribution in [1.82, 2.24) is 4.98 Å². The van der Waals surface area contributed by atoms with Crippen LogP contribution >= 0.6 is 19.5 Å². The largest absolute Gasteiger partial charge is 0.506 e. The fourth-order valence-electron chi connectivity index (χ4n) is 5.70. The highest BCUT2D eigenvalue weighted by atomic mass is 35.5. The van der Waals surface area contributed by atoms with Crippen molar-refractivity contribution in [2.45, 2.75) is 77.2 Å². The van der Waals surface area contributed by atoms with E-state index in [-0.39, 0.29) is 12.5 Å². The van der Waals surface area contributed by atoms with E-state index in [1.165, 1.54) is 31.2 Å². The van der Waals surface area contributed by atoms with E-state index in [0.717, 1.165) is 40.9 Å². The zero-order valence-corrected chi connectivity index (χ0v) is 24.4. The third-order valence-electron chi connectivity index (χ3n) is 7.81. The number of halogens is 1. The minimum atomic E-state index is -3.19. The van der Waals surface area contributed by atoms with Crippen molar-refractivity contribution in [3.63, 3.8) is 0 Å². The first-order valence-electron chi connectivity index (χ1n) is 13.9. The fourth-order valence-corrected chi connectivity index (χ4v) is 7.42. The van der Waals surface area contributed by atoms with Gasteiger partial charge in [0.25, 0.3) is 6.35 Å². The standard InChI is InChI=1S/C31H37ClNO5P/c1-21-16-27(36-20-39(35)37-15-14-30(38-39)24-10-7-11-25(32)18-24)17-22(2)28(21)19-26-12-13-29(34)31(33-26)23-8-5-3-4-6-9-23/h7,10-13,16-18,23,30,35H,3-6,8-9,14-15,19-20H2,1-2H3/p+1. The summed E-state index contributed by atoms with van der Waals surface area (Å²) >= 11 is 6.15. The molecule has 2 N–H and O–H groups in total. The van der Waals surface area contributed by atoms with E-state index in [2.05, 4.69) is 13.8 Å². The summed E-state index contributed by atoms with van der Waals surface area (Å²) in [6.07, 6.45) is 8.11. The van der Waals surface area contributed by atoms with Crippen molar-refractivity contribution in [2.24, 2.45) is 0 Å². The molecular formula is C31H38ClNO5P+. The SMILES string of the molecule is Cc1cc(OC[P+]2(O)OCCC(c3cccc(Cl)c3)O2)cc(C)c1Cc1ccc(O)c(C2CCCCCC2)n1. The third kappa shape index (κ3) is 7.11. The van der Waals surface area contributed by atoms with Gasteiger partial charge in [-0.15, -0.1) is 0 Å². The Hall–Kier alpha value is -2.21. The third-order valence-corrected chi connectivity index (χ3v) is 9.67. The Labute approximate surface area is 236 Å². The number of rotatable bonds is 7.